The van der Waals surface area contributed by atoms with Crippen molar-refractivity contribution in [2.75, 3.05) is 13.2 Å². The third-order valence-corrected chi connectivity index (χ3v) is 13.8. The molecule has 0 fully saturated rings. The van der Waals surface area contributed by atoms with Gasteiger partial charge in [-0.1, -0.05) is 289 Å². The first-order valence-electron chi connectivity index (χ1n) is 33.3. The van der Waals surface area contributed by atoms with Crippen LogP contribution in [0.3, 0.4) is 0 Å². The summed E-state index contributed by atoms with van der Waals surface area (Å²) in [5, 5.41) is 0. The quantitative estimate of drug-likeness (QED) is 0.0261. The molecule has 6 nitrogen and oxygen atoms in total. The fraction of sp³-hybridized carbons (Fsp3) is 0.640. The Balaban J connectivity index is 4.38. The van der Waals surface area contributed by atoms with Crippen molar-refractivity contribution in [1.29, 1.82) is 0 Å². The van der Waals surface area contributed by atoms with Crippen molar-refractivity contribution in [3.63, 3.8) is 0 Å². The summed E-state index contributed by atoms with van der Waals surface area (Å²) in [4.78, 5) is 38.3. The molecule has 0 radical (unpaired) electrons. The molecule has 0 N–H and O–H groups in total. The SMILES string of the molecule is CC/C=C\C/C=C\C/C=C\C/C=C\C/C=C\C/C=C\C/C=C\C/C=C\C/C=C\C/C=C\CCCCC(=O)OCC(COC(=O)CCCCCCCCCCCCCC)OC(=O)CCCCCCCCC/C=C\C/C=C\CCCCCC. The Kier molecular flexibility index (Phi) is 63.9. The lowest BCUT2D eigenvalue weighted by atomic mass is 10.0. The Morgan fingerprint density at radius 3 is 0.790 bits per heavy atom. The van der Waals surface area contributed by atoms with Gasteiger partial charge in [-0.05, 0) is 128 Å². The lowest BCUT2D eigenvalue weighted by Gasteiger charge is -2.18. The topological polar surface area (TPSA) is 78.9 Å². The fourth-order valence-electron chi connectivity index (χ4n) is 8.85. The lowest BCUT2D eigenvalue weighted by Crippen LogP contribution is -2.30. The van der Waals surface area contributed by atoms with Gasteiger partial charge in [0.15, 0.2) is 6.10 Å². The van der Waals surface area contributed by atoms with Crippen molar-refractivity contribution in [3.05, 3.63) is 146 Å². The molecule has 0 rings (SSSR count). The molecule has 0 aromatic rings. The number of carbonyl (C=O) groups is 3. The van der Waals surface area contributed by atoms with Crippen LogP contribution in [0, 0.1) is 0 Å². The summed E-state index contributed by atoms with van der Waals surface area (Å²) in [7, 11) is 0. The molecule has 0 aromatic carbocycles. The van der Waals surface area contributed by atoms with Crippen LogP contribution in [0.25, 0.3) is 0 Å². The van der Waals surface area contributed by atoms with Gasteiger partial charge in [-0.3, -0.25) is 14.4 Å². The molecule has 0 bridgehead atoms. The van der Waals surface area contributed by atoms with Gasteiger partial charge in [-0.2, -0.15) is 0 Å². The summed E-state index contributed by atoms with van der Waals surface area (Å²) in [6.07, 6.45) is 97.2. The molecule has 0 aromatic heterocycles. The molecule has 458 valence electrons. The number of hydrogen-bond donors (Lipinski definition) is 0. The molecule has 0 heterocycles. The van der Waals surface area contributed by atoms with Crippen LogP contribution in [0.15, 0.2) is 146 Å². The highest BCUT2D eigenvalue weighted by molar-refractivity contribution is 5.71. The van der Waals surface area contributed by atoms with E-state index < -0.39 is 6.10 Å². The largest absolute Gasteiger partial charge is 0.462 e. The fourth-order valence-corrected chi connectivity index (χ4v) is 8.85. The normalized spacial score (nSPS) is 13.1. The maximum Gasteiger partial charge on any atom is 0.306 e. The Labute approximate surface area is 499 Å². The van der Waals surface area contributed by atoms with Gasteiger partial charge in [0.2, 0.25) is 0 Å². The number of carbonyl (C=O) groups excluding carboxylic acids is 3. The summed E-state index contributed by atoms with van der Waals surface area (Å²) in [6, 6.07) is 0. The summed E-state index contributed by atoms with van der Waals surface area (Å²) in [5.74, 6) is -0.949. The average molecular weight is 1120 g/mol. The maximum atomic E-state index is 12.9. The summed E-state index contributed by atoms with van der Waals surface area (Å²) >= 11 is 0. The number of rotatable bonds is 59. The van der Waals surface area contributed by atoms with Gasteiger partial charge in [-0.15, -0.1) is 0 Å². The summed E-state index contributed by atoms with van der Waals surface area (Å²) in [6.45, 7) is 6.47. The molecule has 0 aliphatic rings. The Hall–Kier alpha value is -4.71. The minimum atomic E-state index is -0.805. The van der Waals surface area contributed by atoms with Gasteiger partial charge in [0.25, 0.3) is 0 Å². The van der Waals surface area contributed by atoms with E-state index in [2.05, 4.69) is 167 Å². The Morgan fingerprint density at radius 1 is 0.259 bits per heavy atom. The molecule has 1 atom stereocenters. The first kappa shape index (κ1) is 76.3. The highest BCUT2D eigenvalue weighted by atomic mass is 16.6. The van der Waals surface area contributed by atoms with Crippen molar-refractivity contribution in [2.45, 2.75) is 297 Å². The van der Waals surface area contributed by atoms with E-state index in [0.717, 1.165) is 128 Å². The van der Waals surface area contributed by atoms with Gasteiger partial charge >= 0.3 is 17.9 Å². The van der Waals surface area contributed by atoms with E-state index in [1.807, 2.05) is 0 Å². The van der Waals surface area contributed by atoms with Crippen LogP contribution in [-0.4, -0.2) is 37.2 Å². The van der Waals surface area contributed by atoms with Crippen molar-refractivity contribution in [2.24, 2.45) is 0 Å². The van der Waals surface area contributed by atoms with Gasteiger partial charge in [0.05, 0.1) is 0 Å². The Bertz CT molecular complexity index is 1760. The van der Waals surface area contributed by atoms with Crippen LogP contribution in [0.1, 0.15) is 290 Å². The van der Waals surface area contributed by atoms with E-state index in [1.165, 1.54) is 116 Å². The molecular formula is C75H122O6. The van der Waals surface area contributed by atoms with Crippen molar-refractivity contribution >= 4 is 17.9 Å². The van der Waals surface area contributed by atoms with Gasteiger partial charge in [0, 0.05) is 19.3 Å². The monoisotopic (exact) mass is 1120 g/mol. The predicted molar refractivity (Wildman–Crippen MR) is 352 cm³/mol. The highest BCUT2D eigenvalue weighted by Crippen LogP contribution is 2.15. The molecule has 0 saturated heterocycles. The molecule has 0 aliphatic carbocycles. The average Bonchev–Trinajstić information content (AvgIpc) is 3.47. The first-order valence-corrected chi connectivity index (χ1v) is 33.3. The number of esters is 3. The minimum Gasteiger partial charge on any atom is -0.462 e. The van der Waals surface area contributed by atoms with E-state index in [9.17, 15) is 14.4 Å². The Morgan fingerprint density at radius 2 is 0.481 bits per heavy atom. The molecule has 0 spiro atoms. The number of hydrogen-bond acceptors (Lipinski definition) is 6. The third-order valence-electron chi connectivity index (χ3n) is 13.8. The zero-order valence-corrected chi connectivity index (χ0v) is 52.5. The van der Waals surface area contributed by atoms with E-state index in [0.29, 0.717) is 25.7 Å². The van der Waals surface area contributed by atoms with Crippen LogP contribution in [-0.2, 0) is 28.6 Å². The molecule has 6 heteroatoms. The van der Waals surface area contributed by atoms with Crippen molar-refractivity contribution < 1.29 is 28.6 Å². The second kappa shape index (κ2) is 67.8. The lowest BCUT2D eigenvalue weighted by molar-refractivity contribution is -0.167. The summed E-state index contributed by atoms with van der Waals surface area (Å²) in [5.41, 5.74) is 0. The molecule has 1 unspecified atom stereocenters. The zero-order chi connectivity index (χ0) is 58.5. The molecule has 0 amide bonds. The first-order chi connectivity index (χ1) is 40.0. The second-order valence-corrected chi connectivity index (χ2v) is 21.6. The number of allylic oxidation sites excluding steroid dienone is 24. The molecule has 81 heavy (non-hydrogen) atoms. The molecule has 0 aliphatic heterocycles. The third kappa shape index (κ3) is 66.0. The van der Waals surface area contributed by atoms with Gasteiger partial charge < -0.3 is 14.2 Å². The predicted octanol–water partition coefficient (Wildman–Crippen LogP) is 23.1. The highest BCUT2D eigenvalue weighted by Gasteiger charge is 2.19. The minimum absolute atomic E-state index is 0.0969. The van der Waals surface area contributed by atoms with Crippen LogP contribution in [0.5, 0.6) is 0 Å². The summed E-state index contributed by atoms with van der Waals surface area (Å²) < 4.78 is 16.9. The standard InChI is InChI=1S/C75H122O6/c1-4-7-10-13-16-19-22-25-27-29-31-32-33-34-35-36-37-38-39-40-41-42-43-44-45-47-48-50-53-56-59-62-65-68-74(77)80-71-72(70-79-73(76)67-64-61-58-55-52-24-21-18-15-12-9-6-3)81-75(78)69-66-63-60-57-54-51-49-46-30-28-26-23-20-17-14-11-8-5-2/h7,10,16,19-20,23,25,27-28,30-32,34-35,37-38,40-41,43-44,47-48,53,56,72H,4-6,8-9,11-15,17-18,21-22,24,26,29,33,36,39,42,45-46,49-52,54-55,57-71H2,1-3H3/b10-7-,19-16-,23-20-,27-25-,30-28-,32-31-,35-34-,38-37-,41-40-,44-43-,48-47-,56-53-. The van der Waals surface area contributed by atoms with E-state index in [1.54, 1.807) is 0 Å². The van der Waals surface area contributed by atoms with E-state index >= 15 is 0 Å². The van der Waals surface area contributed by atoms with Crippen LogP contribution in [0.4, 0.5) is 0 Å². The van der Waals surface area contributed by atoms with E-state index in [-0.39, 0.29) is 31.1 Å². The molecule has 0 saturated carbocycles. The van der Waals surface area contributed by atoms with Crippen LogP contribution in [0.2, 0.25) is 0 Å². The van der Waals surface area contributed by atoms with Crippen LogP contribution < -0.4 is 0 Å². The van der Waals surface area contributed by atoms with Crippen LogP contribution >= 0.6 is 0 Å². The maximum absolute atomic E-state index is 12.9. The number of ether oxygens (including phenoxy) is 3. The van der Waals surface area contributed by atoms with E-state index in [4.69, 9.17) is 14.2 Å². The second-order valence-electron chi connectivity index (χ2n) is 21.6. The van der Waals surface area contributed by atoms with Crippen molar-refractivity contribution in [3.8, 4) is 0 Å². The van der Waals surface area contributed by atoms with Gasteiger partial charge in [0.1, 0.15) is 13.2 Å². The zero-order valence-electron chi connectivity index (χ0n) is 52.5. The number of unbranched alkanes of at least 4 members (excludes halogenated alkanes) is 24. The van der Waals surface area contributed by atoms with Gasteiger partial charge in [-0.25, -0.2) is 0 Å². The molecular weight excluding hydrogens is 997 g/mol. The van der Waals surface area contributed by atoms with Crippen molar-refractivity contribution in [1.82, 2.24) is 0 Å². The smallest absolute Gasteiger partial charge is 0.306 e.